The molecular formula is C22H20N2O3. The van der Waals surface area contributed by atoms with Crippen molar-refractivity contribution in [1.29, 1.82) is 0 Å². The second-order valence-corrected chi connectivity index (χ2v) is 6.64. The molecule has 5 nitrogen and oxygen atoms in total. The molecule has 5 heteroatoms. The fourth-order valence-corrected chi connectivity index (χ4v) is 3.42. The number of H-pyrrole nitrogens is 1. The summed E-state index contributed by atoms with van der Waals surface area (Å²) in [4.78, 5) is 28.2. The number of esters is 1. The third-order valence-corrected chi connectivity index (χ3v) is 4.77. The predicted octanol–water partition coefficient (Wildman–Crippen LogP) is 3.27. The molecule has 3 N–H and O–H groups in total. The number of pyridine rings is 1. The highest BCUT2D eigenvalue weighted by atomic mass is 16.5. The second-order valence-electron chi connectivity index (χ2n) is 6.64. The van der Waals surface area contributed by atoms with Gasteiger partial charge >= 0.3 is 5.97 Å². The summed E-state index contributed by atoms with van der Waals surface area (Å²) in [5, 5.41) is 3.34. The SMILES string of the molecule is CCOC(=O)[C@@H](N)Cc1ccc2[nH]c3cc4ccccc4cc3c(=O)c2c1. The maximum Gasteiger partial charge on any atom is 0.323 e. The minimum absolute atomic E-state index is 0.0314. The number of nitrogens with one attached hydrogen (secondary N) is 1. The van der Waals surface area contributed by atoms with Crippen LogP contribution in [0.4, 0.5) is 0 Å². The van der Waals surface area contributed by atoms with Gasteiger partial charge in [0.25, 0.3) is 0 Å². The van der Waals surface area contributed by atoms with E-state index < -0.39 is 12.0 Å². The van der Waals surface area contributed by atoms with Gasteiger partial charge in [-0.05, 0) is 53.9 Å². The first-order valence-corrected chi connectivity index (χ1v) is 8.96. The van der Waals surface area contributed by atoms with E-state index in [1.807, 2.05) is 54.6 Å². The van der Waals surface area contributed by atoms with Gasteiger partial charge in [0.2, 0.25) is 0 Å². The highest BCUT2D eigenvalue weighted by Crippen LogP contribution is 2.22. The van der Waals surface area contributed by atoms with E-state index in [-0.39, 0.29) is 5.43 Å². The summed E-state index contributed by atoms with van der Waals surface area (Å²) < 4.78 is 4.95. The zero-order valence-electron chi connectivity index (χ0n) is 15.0. The van der Waals surface area contributed by atoms with Crippen molar-refractivity contribution in [2.24, 2.45) is 5.73 Å². The van der Waals surface area contributed by atoms with E-state index in [4.69, 9.17) is 10.5 Å². The van der Waals surface area contributed by atoms with Gasteiger partial charge in [-0.2, -0.15) is 0 Å². The molecule has 0 aliphatic heterocycles. The van der Waals surface area contributed by atoms with Gasteiger partial charge in [0.1, 0.15) is 6.04 Å². The average molecular weight is 360 g/mol. The standard InChI is InChI=1S/C22H20N2O3/c1-2-27-22(26)18(23)10-13-7-8-19-16(9-13)21(25)17-11-14-5-3-4-6-15(14)12-20(17)24-19/h3-9,11-12,18H,2,10,23H2,1H3,(H,24,25)/t18-/m0/s1. The van der Waals surface area contributed by atoms with Crippen molar-refractivity contribution in [1.82, 2.24) is 4.98 Å². The summed E-state index contributed by atoms with van der Waals surface area (Å²) in [6, 6.07) is 16.7. The van der Waals surface area contributed by atoms with E-state index in [1.165, 1.54) is 0 Å². The average Bonchev–Trinajstić information content (AvgIpc) is 2.67. The number of aromatic amines is 1. The van der Waals surface area contributed by atoms with Crippen LogP contribution in [0.3, 0.4) is 0 Å². The number of nitrogens with two attached hydrogens (primary N) is 1. The molecule has 0 amide bonds. The highest BCUT2D eigenvalue weighted by Gasteiger charge is 2.16. The van der Waals surface area contributed by atoms with Crippen LogP contribution in [0.2, 0.25) is 0 Å². The lowest BCUT2D eigenvalue weighted by Gasteiger charge is -2.11. The van der Waals surface area contributed by atoms with Gasteiger partial charge < -0.3 is 15.5 Å². The van der Waals surface area contributed by atoms with E-state index in [0.29, 0.717) is 23.8 Å². The Bertz CT molecular complexity index is 1230. The van der Waals surface area contributed by atoms with Gasteiger partial charge in [-0.1, -0.05) is 30.3 Å². The smallest absolute Gasteiger partial charge is 0.323 e. The lowest BCUT2D eigenvalue weighted by Crippen LogP contribution is -2.34. The van der Waals surface area contributed by atoms with Crippen molar-refractivity contribution in [3.63, 3.8) is 0 Å². The first-order valence-electron chi connectivity index (χ1n) is 8.96. The minimum Gasteiger partial charge on any atom is -0.465 e. The van der Waals surface area contributed by atoms with Gasteiger partial charge in [0.15, 0.2) is 5.43 Å². The number of benzene rings is 3. The molecule has 4 rings (SSSR count). The molecule has 0 saturated heterocycles. The minimum atomic E-state index is -0.745. The van der Waals surface area contributed by atoms with Crippen LogP contribution in [0.5, 0.6) is 0 Å². The monoisotopic (exact) mass is 360 g/mol. The number of rotatable bonds is 4. The third-order valence-electron chi connectivity index (χ3n) is 4.77. The molecule has 136 valence electrons. The van der Waals surface area contributed by atoms with Crippen LogP contribution in [0.25, 0.3) is 32.6 Å². The number of carbonyl (C=O) groups is 1. The first kappa shape index (κ1) is 17.2. The topological polar surface area (TPSA) is 85.2 Å². The largest absolute Gasteiger partial charge is 0.465 e. The van der Waals surface area contributed by atoms with Crippen LogP contribution in [-0.4, -0.2) is 23.6 Å². The summed E-state index contributed by atoms with van der Waals surface area (Å²) >= 11 is 0. The first-order chi connectivity index (χ1) is 13.1. The molecule has 0 unspecified atom stereocenters. The molecule has 3 aromatic carbocycles. The summed E-state index contributed by atoms with van der Waals surface area (Å²) in [6.07, 6.45) is 0.323. The van der Waals surface area contributed by atoms with Gasteiger partial charge in [0.05, 0.1) is 12.1 Å². The van der Waals surface area contributed by atoms with Crippen LogP contribution < -0.4 is 11.2 Å². The quantitative estimate of drug-likeness (QED) is 0.432. The van der Waals surface area contributed by atoms with Gasteiger partial charge in [-0.25, -0.2) is 0 Å². The van der Waals surface area contributed by atoms with E-state index in [0.717, 1.165) is 27.4 Å². The zero-order valence-corrected chi connectivity index (χ0v) is 15.0. The summed E-state index contributed by atoms with van der Waals surface area (Å²) in [7, 11) is 0. The third kappa shape index (κ3) is 3.17. The zero-order chi connectivity index (χ0) is 19.0. The predicted molar refractivity (Wildman–Crippen MR) is 108 cm³/mol. The number of hydrogen-bond acceptors (Lipinski definition) is 4. The molecule has 0 aliphatic carbocycles. The van der Waals surface area contributed by atoms with Gasteiger partial charge in [-0.15, -0.1) is 0 Å². The molecule has 1 aromatic heterocycles. The van der Waals surface area contributed by atoms with Crippen molar-refractivity contribution >= 4 is 38.5 Å². The number of ether oxygens (including phenoxy) is 1. The fraction of sp³-hybridized carbons (Fsp3) is 0.182. The Kier molecular flexibility index (Phi) is 4.38. The van der Waals surface area contributed by atoms with Crippen LogP contribution in [-0.2, 0) is 16.0 Å². The Morgan fingerprint density at radius 1 is 1.04 bits per heavy atom. The summed E-state index contributed by atoms with van der Waals surface area (Å²) in [5.41, 5.74) is 8.27. The van der Waals surface area contributed by atoms with E-state index >= 15 is 0 Å². The molecule has 0 fully saturated rings. The van der Waals surface area contributed by atoms with E-state index in [2.05, 4.69) is 4.98 Å². The van der Waals surface area contributed by atoms with Gasteiger partial charge in [-0.3, -0.25) is 9.59 Å². The molecular weight excluding hydrogens is 340 g/mol. The number of hydrogen-bond donors (Lipinski definition) is 2. The second kappa shape index (κ2) is 6.85. The molecule has 1 atom stereocenters. The van der Waals surface area contributed by atoms with Crippen LogP contribution >= 0.6 is 0 Å². The number of fused-ring (bicyclic) bond motifs is 3. The van der Waals surface area contributed by atoms with Crippen molar-refractivity contribution in [3.8, 4) is 0 Å². The molecule has 0 aliphatic rings. The Balaban J connectivity index is 1.82. The van der Waals surface area contributed by atoms with E-state index in [1.54, 1.807) is 6.92 Å². The molecule has 0 radical (unpaired) electrons. The summed E-state index contributed by atoms with van der Waals surface area (Å²) in [5.74, 6) is -0.434. The van der Waals surface area contributed by atoms with Crippen molar-refractivity contribution < 1.29 is 9.53 Å². The normalized spacial score (nSPS) is 12.5. The van der Waals surface area contributed by atoms with Crippen molar-refractivity contribution in [2.45, 2.75) is 19.4 Å². The molecule has 27 heavy (non-hydrogen) atoms. The van der Waals surface area contributed by atoms with Crippen molar-refractivity contribution in [3.05, 3.63) is 70.4 Å². The van der Waals surface area contributed by atoms with Crippen LogP contribution in [0.15, 0.2) is 59.4 Å². The lowest BCUT2D eigenvalue weighted by molar-refractivity contribution is -0.144. The van der Waals surface area contributed by atoms with Crippen LogP contribution in [0, 0.1) is 0 Å². The van der Waals surface area contributed by atoms with Gasteiger partial charge in [0, 0.05) is 16.3 Å². The Labute approximate surface area is 155 Å². The fourth-order valence-electron chi connectivity index (χ4n) is 3.42. The maximum absolute atomic E-state index is 13.1. The Morgan fingerprint density at radius 3 is 2.48 bits per heavy atom. The molecule has 0 bridgehead atoms. The Morgan fingerprint density at radius 2 is 1.74 bits per heavy atom. The van der Waals surface area contributed by atoms with Crippen LogP contribution in [0.1, 0.15) is 12.5 Å². The Hall–Kier alpha value is -3.18. The number of carbonyl (C=O) groups excluding carboxylic acids is 1. The molecule has 4 aromatic rings. The summed E-state index contributed by atoms with van der Waals surface area (Å²) in [6.45, 7) is 2.04. The number of aromatic nitrogens is 1. The molecule has 0 saturated carbocycles. The van der Waals surface area contributed by atoms with E-state index in [9.17, 15) is 9.59 Å². The lowest BCUT2D eigenvalue weighted by atomic mass is 10.0. The molecule has 1 heterocycles. The van der Waals surface area contributed by atoms with Crippen molar-refractivity contribution in [2.75, 3.05) is 6.61 Å². The molecule has 0 spiro atoms. The highest BCUT2D eigenvalue weighted by molar-refractivity contribution is 6.00. The maximum atomic E-state index is 13.1.